The zero-order valence-electron chi connectivity index (χ0n) is 8.20. The van der Waals surface area contributed by atoms with Gasteiger partial charge < -0.3 is 5.11 Å². The summed E-state index contributed by atoms with van der Waals surface area (Å²) in [5.41, 5.74) is -0.564. The lowest BCUT2D eigenvalue weighted by atomic mass is 9.80. The van der Waals surface area contributed by atoms with Crippen molar-refractivity contribution in [3.8, 4) is 0 Å². The topological polar surface area (TPSA) is 54.4 Å². The Bertz CT molecular complexity index is 211. The molecule has 0 rings (SSSR count). The number of thiol groups is 1. The molecule has 76 valence electrons. The van der Waals surface area contributed by atoms with E-state index in [4.69, 9.17) is 5.11 Å². The Hall–Kier alpha value is -0.510. The molecule has 13 heavy (non-hydrogen) atoms. The first-order valence-electron chi connectivity index (χ1n) is 4.24. The lowest BCUT2D eigenvalue weighted by molar-refractivity contribution is -0.148. The van der Waals surface area contributed by atoms with Gasteiger partial charge in [0.25, 0.3) is 0 Å². The van der Waals surface area contributed by atoms with Crippen molar-refractivity contribution in [1.82, 2.24) is 0 Å². The van der Waals surface area contributed by atoms with E-state index in [1.54, 1.807) is 13.8 Å². The zero-order valence-corrected chi connectivity index (χ0v) is 9.10. The Labute approximate surface area is 83.9 Å². The number of carbonyl (C=O) groups is 2. The van der Waals surface area contributed by atoms with Gasteiger partial charge in [0.1, 0.15) is 5.92 Å². The highest BCUT2D eigenvalue weighted by Crippen LogP contribution is 2.25. The van der Waals surface area contributed by atoms with Crippen molar-refractivity contribution in [2.45, 2.75) is 27.2 Å². The summed E-state index contributed by atoms with van der Waals surface area (Å²) in [6, 6.07) is 0. The predicted octanol–water partition coefficient (Wildman–Crippen LogP) is 1.62. The van der Waals surface area contributed by atoms with Crippen molar-refractivity contribution in [3.05, 3.63) is 0 Å². The van der Waals surface area contributed by atoms with Crippen LogP contribution in [-0.2, 0) is 9.59 Å². The van der Waals surface area contributed by atoms with E-state index in [-0.39, 0.29) is 11.5 Å². The van der Waals surface area contributed by atoms with Crippen LogP contribution in [0.1, 0.15) is 27.2 Å². The molecule has 0 aliphatic heterocycles. The van der Waals surface area contributed by atoms with Crippen LogP contribution >= 0.6 is 12.6 Å². The van der Waals surface area contributed by atoms with Crippen molar-refractivity contribution in [1.29, 1.82) is 0 Å². The first-order chi connectivity index (χ1) is 5.86. The Morgan fingerprint density at radius 1 is 1.46 bits per heavy atom. The van der Waals surface area contributed by atoms with E-state index in [9.17, 15) is 9.59 Å². The molecule has 1 N–H and O–H groups in total. The lowest BCUT2D eigenvalue weighted by Crippen LogP contribution is -2.36. The molecule has 0 aromatic heterocycles. The van der Waals surface area contributed by atoms with Crippen molar-refractivity contribution in [3.63, 3.8) is 0 Å². The number of Topliss-reactive ketones (excluding diaryl/α,β-unsaturated/α-hetero) is 1. The average Bonchev–Trinajstić information content (AvgIpc) is 2.05. The highest BCUT2D eigenvalue weighted by molar-refractivity contribution is 7.80. The molecule has 0 aromatic carbocycles. The monoisotopic (exact) mass is 204 g/mol. The summed E-state index contributed by atoms with van der Waals surface area (Å²) in [6.07, 6.45) is 0.642. The van der Waals surface area contributed by atoms with Crippen LogP contribution in [0.25, 0.3) is 0 Å². The molecule has 1 atom stereocenters. The molecule has 0 spiro atoms. The third-order valence-electron chi connectivity index (χ3n) is 2.35. The van der Waals surface area contributed by atoms with Gasteiger partial charge in [-0.2, -0.15) is 12.6 Å². The van der Waals surface area contributed by atoms with Crippen molar-refractivity contribution in [2.75, 3.05) is 5.75 Å². The van der Waals surface area contributed by atoms with Gasteiger partial charge in [-0.3, -0.25) is 9.59 Å². The number of hydrogen-bond acceptors (Lipinski definition) is 3. The number of carboxylic acid groups (broad SMARTS) is 1. The summed E-state index contributed by atoms with van der Waals surface area (Å²) >= 11 is 3.86. The number of ketones is 1. The number of carboxylic acids is 1. The molecule has 4 heteroatoms. The molecule has 0 saturated carbocycles. The molecular formula is C9H16O3S. The standard InChI is InChI=1S/C9H16O3S/c1-4-9(2,3)7(10)6(5-13)8(11)12/h6,13H,4-5H2,1-3H3,(H,11,12). The SMILES string of the molecule is CCC(C)(C)C(=O)C(CS)C(=O)O. The largest absolute Gasteiger partial charge is 0.481 e. The lowest BCUT2D eigenvalue weighted by Gasteiger charge is -2.23. The maximum Gasteiger partial charge on any atom is 0.314 e. The van der Waals surface area contributed by atoms with E-state index in [0.717, 1.165) is 0 Å². The summed E-state index contributed by atoms with van der Waals surface area (Å²) in [7, 11) is 0. The minimum atomic E-state index is -1.08. The second kappa shape index (κ2) is 4.65. The van der Waals surface area contributed by atoms with Gasteiger partial charge in [0.15, 0.2) is 5.78 Å². The van der Waals surface area contributed by atoms with Gasteiger partial charge in [-0.15, -0.1) is 0 Å². The molecule has 0 heterocycles. The van der Waals surface area contributed by atoms with Crippen molar-refractivity contribution >= 4 is 24.4 Å². The number of aliphatic carboxylic acids is 1. The minimum Gasteiger partial charge on any atom is -0.481 e. The van der Waals surface area contributed by atoms with E-state index < -0.39 is 17.3 Å². The normalized spacial score (nSPS) is 13.8. The molecule has 0 radical (unpaired) electrons. The summed E-state index contributed by atoms with van der Waals surface area (Å²) in [5, 5.41) is 8.73. The van der Waals surface area contributed by atoms with Crippen LogP contribution in [0.3, 0.4) is 0 Å². The van der Waals surface area contributed by atoms with E-state index in [2.05, 4.69) is 12.6 Å². The summed E-state index contributed by atoms with van der Waals surface area (Å²) < 4.78 is 0. The van der Waals surface area contributed by atoms with Crippen molar-refractivity contribution < 1.29 is 14.7 Å². The van der Waals surface area contributed by atoms with Crippen LogP contribution < -0.4 is 0 Å². The average molecular weight is 204 g/mol. The van der Waals surface area contributed by atoms with E-state index >= 15 is 0 Å². The highest BCUT2D eigenvalue weighted by Gasteiger charge is 2.35. The van der Waals surface area contributed by atoms with E-state index in [0.29, 0.717) is 6.42 Å². The smallest absolute Gasteiger partial charge is 0.314 e. The molecular weight excluding hydrogens is 188 g/mol. The van der Waals surface area contributed by atoms with Gasteiger partial charge in [-0.05, 0) is 6.42 Å². The highest BCUT2D eigenvalue weighted by atomic mass is 32.1. The second-order valence-electron chi connectivity index (χ2n) is 3.68. The van der Waals surface area contributed by atoms with Crippen LogP contribution in [-0.4, -0.2) is 22.6 Å². The third kappa shape index (κ3) is 3.03. The molecule has 1 unspecified atom stereocenters. The Morgan fingerprint density at radius 3 is 2.15 bits per heavy atom. The Balaban J connectivity index is 4.65. The zero-order chi connectivity index (χ0) is 10.6. The predicted molar refractivity (Wildman–Crippen MR) is 54.1 cm³/mol. The molecule has 0 saturated heterocycles. The fourth-order valence-corrected chi connectivity index (χ4v) is 1.24. The van der Waals surface area contributed by atoms with Gasteiger partial charge in [0.2, 0.25) is 0 Å². The number of rotatable bonds is 5. The number of carbonyl (C=O) groups excluding carboxylic acids is 1. The Kier molecular flexibility index (Phi) is 4.47. The van der Waals surface area contributed by atoms with Gasteiger partial charge in [0, 0.05) is 11.2 Å². The maximum absolute atomic E-state index is 11.6. The Morgan fingerprint density at radius 2 is 1.92 bits per heavy atom. The fourth-order valence-electron chi connectivity index (χ4n) is 0.919. The summed E-state index contributed by atoms with van der Waals surface area (Å²) in [6.45, 7) is 5.39. The molecule has 0 bridgehead atoms. The first kappa shape index (κ1) is 12.5. The van der Waals surface area contributed by atoms with E-state index in [1.807, 2.05) is 6.92 Å². The molecule has 0 fully saturated rings. The molecule has 0 aromatic rings. The summed E-state index contributed by atoms with van der Waals surface area (Å²) in [4.78, 5) is 22.3. The molecule has 0 aliphatic rings. The molecule has 3 nitrogen and oxygen atoms in total. The van der Waals surface area contributed by atoms with Crippen LogP contribution in [0.15, 0.2) is 0 Å². The van der Waals surface area contributed by atoms with Crippen LogP contribution in [0, 0.1) is 11.3 Å². The van der Waals surface area contributed by atoms with Crippen molar-refractivity contribution in [2.24, 2.45) is 11.3 Å². The van der Waals surface area contributed by atoms with E-state index in [1.165, 1.54) is 0 Å². The van der Waals surface area contributed by atoms with Gasteiger partial charge in [-0.1, -0.05) is 20.8 Å². The van der Waals surface area contributed by atoms with Crippen LogP contribution in [0.2, 0.25) is 0 Å². The van der Waals surface area contributed by atoms with Gasteiger partial charge >= 0.3 is 5.97 Å². The molecule has 0 aliphatic carbocycles. The van der Waals surface area contributed by atoms with Crippen LogP contribution in [0.5, 0.6) is 0 Å². The molecule has 0 amide bonds. The van der Waals surface area contributed by atoms with Gasteiger partial charge in [0.05, 0.1) is 0 Å². The fraction of sp³-hybridized carbons (Fsp3) is 0.778. The maximum atomic E-state index is 11.6. The summed E-state index contributed by atoms with van der Waals surface area (Å²) in [5.74, 6) is -2.23. The minimum absolute atomic E-state index is 0.0671. The second-order valence-corrected chi connectivity index (χ2v) is 4.04. The number of hydrogen-bond donors (Lipinski definition) is 2. The van der Waals surface area contributed by atoms with Crippen LogP contribution in [0.4, 0.5) is 0 Å². The van der Waals surface area contributed by atoms with Gasteiger partial charge in [-0.25, -0.2) is 0 Å². The quantitative estimate of drug-likeness (QED) is 0.528. The first-order valence-corrected chi connectivity index (χ1v) is 4.88. The third-order valence-corrected chi connectivity index (χ3v) is 2.71.